The number of aryl methyl sites for hydroxylation is 1. The van der Waals surface area contributed by atoms with Crippen LogP contribution in [-0.2, 0) is 4.79 Å². The van der Waals surface area contributed by atoms with Crippen molar-refractivity contribution in [2.75, 3.05) is 13.1 Å². The van der Waals surface area contributed by atoms with Crippen molar-refractivity contribution in [1.29, 1.82) is 0 Å². The molecule has 0 aliphatic carbocycles. The summed E-state index contributed by atoms with van der Waals surface area (Å²) in [5.41, 5.74) is 1.42. The Hall–Kier alpha value is -3.02. The van der Waals surface area contributed by atoms with E-state index in [1.165, 1.54) is 12.1 Å². The Morgan fingerprint density at radius 2 is 1.96 bits per heavy atom. The smallest absolute Gasteiger partial charge is 0.251 e. The topological polar surface area (TPSA) is 71.1 Å². The second-order valence-corrected chi connectivity index (χ2v) is 5.10. The first kappa shape index (κ1) is 17.3. The number of benzene rings is 1. The fourth-order valence-corrected chi connectivity index (χ4v) is 1.89. The van der Waals surface area contributed by atoms with Gasteiger partial charge in [-0.05, 0) is 42.8 Å². The number of nitrogens with zero attached hydrogens (tertiary/aromatic N) is 1. The van der Waals surface area contributed by atoms with Crippen LogP contribution in [0.2, 0.25) is 0 Å². The summed E-state index contributed by atoms with van der Waals surface area (Å²) in [7, 11) is 0. The molecule has 0 saturated carbocycles. The minimum absolute atomic E-state index is 0.248. The lowest BCUT2D eigenvalue weighted by molar-refractivity contribution is -0.116. The van der Waals surface area contributed by atoms with Crippen LogP contribution in [0.3, 0.4) is 0 Å². The molecule has 0 bridgehead atoms. The van der Waals surface area contributed by atoms with Crippen LogP contribution in [0, 0.1) is 12.7 Å². The number of halogens is 1. The number of hydrogen-bond acceptors (Lipinski definition) is 3. The fourth-order valence-electron chi connectivity index (χ4n) is 1.89. The number of rotatable bonds is 6. The van der Waals surface area contributed by atoms with Gasteiger partial charge in [-0.25, -0.2) is 4.39 Å². The minimum Gasteiger partial charge on any atom is -0.351 e. The highest BCUT2D eigenvalue weighted by Gasteiger charge is 2.07. The second kappa shape index (κ2) is 8.57. The maximum absolute atomic E-state index is 13.4. The van der Waals surface area contributed by atoms with Crippen molar-refractivity contribution < 1.29 is 14.0 Å². The first-order chi connectivity index (χ1) is 11.6. The largest absolute Gasteiger partial charge is 0.351 e. The van der Waals surface area contributed by atoms with Crippen molar-refractivity contribution >= 4 is 17.9 Å². The third kappa shape index (κ3) is 5.31. The molecule has 0 radical (unpaired) electrons. The molecule has 2 amide bonds. The molecule has 1 aromatic carbocycles. The Morgan fingerprint density at radius 1 is 1.17 bits per heavy atom. The Labute approximate surface area is 139 Å². The van der Waals surface area contributed by atoms with E-state index < -0.39 is 5.82 Å². The van der Waals surface area contributed by atoms with Crippen LogP contribution < -0.4 is 10.6 Å². The van der Waals surface area contributed by atoms with Crippen molar-refractivity contribution in [3.05, 3.63) is 71.3 Å². The highest BCUT2D eigenvalue weighted by atomic mass is 19.1. The van der Waals surface area contributed by atoms with Crippen molar-refractivity contribution in [1.82, 2.24) is 15.6 Å². The molecule has 0 unspecified atom stereocenters. The molecule has 2 aromatic rings. The molecule has 0 fully saturated rings. The lowest BCUT2D eigenvalue weighted by Crippen LogP contribution is -2.34. The Kier molecular flexibility index (Phi) is 6.19. The molecular formula is C18H18FN3O2. The van der Waals surface area contributed by atoms with Crippen LogP contribution >= 0.6 is 0 Å². The van der Waals surface area contributed by atoms with E-state index in [2.05, 4.69) is 15.6 Å². The Balaban J connectivity index is 1.72. The van der Waals surface area contributed by atoms with Gasteiger partial charge in [-0.15, -0.1) is 0 Å². The molecule has 0 spiro atoms. The molecule has 2 N–H and O–H groups in total. The average molecular weight is 327 g/mol. The van der Waals surface area contributed by atoms with Gasteiger partial charge in [-0.1, -0.05) is 12.1 Å². The van der Waals surface area contributed by atoms with Gasteiger partial charge < -0.3 is 10.6 Å². The van der Waals surface area contributed by atoms with Crippen LogP contribution in [0.25, 0.3) is 6.08 Å². The van der Waals surface area contributed by atoms with Crippen LogP contribution in [0.1, 0.15) is 21.6 Å². The predicted molar refractivity (Wildman–Crippen MR) is 89.8 cm³/mol. The number of amides is 2. The van der Waals surface area contributed by atoms with E-state index in [1.54, 1.807) is 43.5 Å². The maximum atomic E-state index is 13.4. The third-order valence-electron chi connectivity index (χ3n) is 3.24. The lowest BCUT2D eigenvalue weighted by Gasteiger charge is -2.06. The van der Waals surface area contributed by atoms with Crippen LogP contribution in [0.5, 0.6) is 0 Å². The summed E-state index contributed by atoms with van der Waals surface area (Å²) in [6.07, 6.45) is 4.61. The van der Waals surface area contributed by atoms with Gasteiger partial charge in [0.25, 0.3) is 5.91 Å². The van der Waals surface area contributed by atoms with Gasteiger partial charge in [0.15, 0.2) is 0 Å². The zero-order chi connectivity index (χ0) is 17.4. The first-order valence-electron chi connectivity index (χ1n) is 7.47. The molecule has 0 aliphatic rings. The van der Waals surface area contributed by atoms with Crippen LogP contribution in [-0.4, -0.2) is 29.9 Å². The Morgan fingerprint density at radius 3 is 2.67 bits per heavy atom. The number of aromatic nitrogens is 1. The van der Waals surface area contributed by atoms with Crippen molar-refractivity contribution in [2.24, 2.45) is 0 Å². The first-order valence-corrected chi connectivity index (χ1v) is 7.47. The van der Waals surface area contributed by atoms with E-state index in [9.17, 15) is 14.0 Å². The molecule has 1 aromatic heterocycles. The molecule has 0 atom stereocenters. The molecule has 2 rings (SSSR count). The summed E-state index contributed by atoms with van der Waals surface area (Å²) in [6, 6.07) is 9.70. The van der Waals surface area contributed by atoms with E-state index >= 15 is 0 Å². The van der Waals surface area contributed by atoms with E-state index in [0.29, 0.717) is 11.3 Å². The van der Waals surface area contributed by atoms with Gasteiger partial charge in [0.05, 0.1) is 5.69 Å². The zero-order valence-electron chi connectivity index (χ0n) is 13.3. The predicted octanol–water partition coefficient (Wildman–Crippen LogP) is 2.09. The lowest BCUT2D eigenvalue weighted by atomic mass is 10.1. The molecule has 24 heavy (non-hydrogen) atoms. The summed E-state index contributed by atoms with van der Waals surface area (Å²) >= 11 is 0. The second-order valence-electron chi connectivity index (χ2n) is 5.10. The van der Waals surface area contributed by atoms with Crippen molar-refractivity contribution in [3.8, 4) is 0 Å². The highest BCUT2D eigenvalue weighted by Crippen LogP contribution is 2.08. The number of carbonyl (C=O) groups is 2. The molecular weight excluding hydrogens is 309 g/mol. The van der Waals surface area contributed by atoms with Gasteiger partial charge in [0, 0.05) is 30.9 Å². The fraction of sp³-hybridized carbons (Fsp3) is 0.167. The SMILES string of the molecule is Cc1ccc(C(=O)NCCNC(=O)/C=C/c2ccccn2)cc1F. The summed E-state index contributed by atoms with van der Waals surface area (Å²) < 4.78 is 13.4. The van der Waals surface area contributed by atoms with E-state index in [-0.39, 0.29) is 30.5 Å². The quantitative estimate of drug-likeness (QED) is 0.630. The standard InChI is InChI=1S/C18H18FN3O2/c1-13-5-6-14(12-16(13)19)18(24)22-11-10-21-17(23)8-7-15-4-2-3-9-20-15/h2-9,12H,10-11H2,1H3,(H,21,23)(H,22,24)/b8-7+. The average Bonchev–Trinajstić information content (AvgIpc) is 2.60. The molecule has 124 valence electrons. The summed E-state index contributed by atoms with van der Waals surface area (Å²) in [4.78, 5) is 27.5. The van der Waals surface area contributed by atoms with Gasteiger partial charge in [-0.3, -0.25) is 14.6 Å². The van der Waals surface area contributed by atoms with Gasteiger partial charge >= 0.3 is 0 Å². The normalized spacial score (nSPS) is 10.6. The van der Waals surface area contributed by atoms with Gasteiger partial charge in [-0.2, -0.15) is 0 Å². The summed E-state index contributed by atoms with van der Waals surface area (Å²) in [5.74, 6) is -1.08. The van der Waals surface area contributed by atoms with Crippen molar-refractivity contribution in [3.63, 3.8) is 0 Å². The Bertz CT molecular complexity index is 745. The highest BCUT2D eigenvalue weighted by molar-refractivity contribution is 5.94. The summed E-state index contributed by atoms with van der Waals surface area (Å²) in [5, 5.41) is 5.26. The third-order valence-corrected chi connectivity index (χ3v) is 3.24. The molecule has 6 heteroatoms. The number of hydrogen-bond donors (Lipinski definition) is 2. The van der Waals surface area contributed by atoms with E-state index in [4.69, 9.17) is 0 Å². The number of carbonyl (C=O) groups excluding carboxylic acids is 2. The monoisotopic (exact) mass is 327 g/mol. The van der Waals surface area contributed by atoms with Gasteiger partial charge in [0.1, 0.15) is 5.82 Å². The van der Waals surface area contributed by atoms with Gasteiger partial charge in [0.2, 0.25) is 5.91 Å². The summed E-state index contributed by atoms with van der Waals surface area (Å²) in [6.45, 7) is 2.15. The molecule has 0 aliphatic heterocycles. The van der Waals surface area contributed by atoms with Crippen molar-refractivity contribution in [2.45, 2.75) is 6.92 Å². The zero-order valence-corrected chi connectivity index (χ0v) is 13.3. The molecule has 0 saturated heterocycles. The number of nitrogens with one attached hydrogen (secondary N) is 2. The molecule has 1 heterocycles. The molecule has 5 nitrogen and oxygen atoms in total. The maximum Gasteiger partial charge on any atom is 0.251 e. The van der Waals surface area contributed by atoms with E-state index in [1.807, 2.05) is 6.07 Å². The number of pyridine rings is 1. The minimum atomic E-state index is -0.421. The van der Waals surface area contributed by atoms with E-state index in [0.717, 1.165) is 0 Å². The van der Waals surface area contributed by atoms with Crippen LogP contribution in [0.4, 0.5) is 4.39 Å². The van der Waals surface area contributed by atoms with Crippen LogP contribution in [0.15, 0.2) is 48.7 Å².